The first-order valence-electron chi connectivity index (χ1n) is 7.09. The minimum atomic E-state index is -3.10. The predicted molar refractivity (Wildman–Crippen MR) is 87.8 cm³/mol. The third-order valence-electron chi connectivity index (χ3n) is 3.08. The largest absolute Gasteiger partial charge is 0.491 e. The van der Waals surface area contributed by atoms with Gasteiger partial charge in [-0.1, -0.05) is 37.6 Å². The molecule has 6 heteroatoms. The van der Waals surface area contributed by atoms with Gasteiger partial charge in [0, 0.05) is 18.2 Å². The highest BCUT2D eigenvalue weighted by Gasteiger charge is 2.17. The fourth-order valence-corrected chi connectivity index (χ4v) is 2.70. The minimum absolute atomic E-state index is 0.00700. The monoisotopic (exact) mass is 333 g/mol. The van der Waals surface area contributed by atoms with E-state index < -0.39 is 15.1 Å². The fourth-order valence-electron chi connectivity index (χ4n) is 1.66. The Kier molecular flexibility index (Phi) is 6.97. The molecule has 0 radical (unpaired) electrons. The molecule has 0 amide bonds. The summed E-state index contributed by atoms with van der Waals surface area (Å²) in [5.41, 5.74) is 0.929. The summed E-state index contributed by atoms with van der Waals surface area (Å²) in [6.45, 7) is 8.19. The zero-order valence-electron chi connectivity index (χ0n) is 13.0. The van der Waals surface area contributed by atoms with Crippen LogP contribution >= 0.6 is 11.6 Å². The SMILES string of the molecule is CC(C)NCc1cccc(Cl)c1OCCS(=O)(=O)C(C)C. The van der Waals surface area contributed by atoms with Crippen molar-refractivity contribution in [3.8, 4) is 5.75 Å². The summed E-state index contributed by atoms with van der Waals surface area (Å²) in [4.78, 5) is 0. The van der Waals surface area contributed by atoms with Gasteiger partial charge in [-0.05, 0) is 19.9 Å². The van der Waals surface area contributed by atoms with Crippen molar-refractivity contribution in [2.45, 2.75) is 45.5 Å². The highest BCUT2D eigenvalue weighted by molar-refractivity contribution is 7.91. The van der Waals surface area contributed by atoms with E-state index in [1.54, 1.807) is 19.9 Å². The number of hydrogen-bond acceptors (Lipinski definition) is 4. The second-order valence-electron chi connectivity index (χ2n) is 5.53. The van der Waals surface area contributed by atoms with E-state index in [0.29, 0.717) is 23.4 Å². The van der Waals surface area contributed by atoms with E-state index in [1.807, 2.05) is 12.1 Å². The smallest absolute Gasteiger partial charge is 0.155 e. The van der Waals surface area contributed by atoms with Crippen LogP contribution < -0.4 is 10.1 Å². The number of nitrogens with one attached hydrogen (secondary N) is 1. The molecule has 4 nitrogen and oxygen atoms in total. The molecule has 0 unspecified atom stereocenters. The van der Waals surface area contributed by atoms with Gasteiger partial charge >= 0.3 is 0 Å². The lowest BCUT2D eigenvalue weighted by Gasteiger charge is -2.15. The van der Waals surface area contributed by atoms with E-state index in [0.717, 1.165) is 5.56 Å². The number of para-hydroxylation sites is 1. The van der Waals surface area contributed by atoms with Gasteiger partial charge in [0.05, 0.1) is 16.0 Å². The average Bonchev–Trinajstić information content (AvgIpc) is 2.38. The van der Waals surface area contributed by atoms with Crippen LogP contribution in [0.5, 0.6) is 5.75 Å². The Morgan fingerprint density at radius 3 is 2.48 bits per heavy atom. The van der Waals surface area contributed by atoms with Crippen LogP contribution in [0.1, 0.15) is 33.3 Å². The van der Waals surface area contributed by atoms with E-state index >= 15 is 0 Å². The summed E-state index contributed by atoms with van der Waals surface area (Å²) in [6, 6.07) is 5.87. The predicted octanol–water partition coefficient (Wildman–Crippen LogP) is 3.04. The lowest BCUT2D eigenvalue weighted by atomic mass is 10.2. The molecule has 1 aromatic rings. The van der Waals surface area contributed by atoms with Gasteiger partial charge in [-0.25, -0.2) is 8.42 Å². The van der Waals surface area contributed by atoms with Crippen LogP contribution in [0.3, 0.4) is 0 Å². The van der Waals surface area contributed by atoms with Gasteiger partial charge in [-0.2, -0.15) is 0 Å². The van der Waals surface area contributed by atoms with Crippen molar-refractivity contribution in [3.05, 3.63) is 28.8 Å². The standard InChI is InChI=1S/C15H24ClNO3S/c1-11(2)17-10-13-6-5-7-14(16)15(13)20-8-9-21(18,19)12(3)4/h5-7,11-12,17H,8-10H2,1-4H3. The van der Waals surface area contributed by atoms with Gasteiger partial charge in [0.15, 0.2) is 9.84 Å². The summed E-state index contributed by atoms with van der Waals surface area (Å²) in [7, 11) is -3.10. The van der Waals surface area contributed by atoms with Crippen molar-refractivity contribution in [1.82, 2.24) is 5.32 Å². The third kappa shape index (κ3) is 5.85. The Hall–Kier alpha value is -0.780. The quantitative estimate of drug-likeness (QED) is 0.794. The van der Waals surface area contributed by atoms with Crippen LogP contribution in [0.25, 0.3) is 0 Å². The molecule has 0 aliphatic heterocycles. The molecule has 0 saturated heterocycles. The van der Waals surface area contributed by atoms with E-state index in [9.17, 15) is 8.42 Å². The first-order chi connectivity index (χ1) is 9.74. The molecule has 0 spiro atoms. The van der Waals surface area contributed by atoms with Crippen LogP contribution in [-0.4, -0.2) is 32.1 Å². The molecule has 21 heavy (non-hydrogen) atoms. The molecule has 0 aliphatic rings. The molecule has 1 rings (SSSR count). The summed E-state index contributed by atoms with van der Waals surface area (Å²) >= 11 is 6.16. The summed E-state index contributed by atoms with van der Waals surface area (Å²) in [6.07, 6.45) is 0. The molecule has 0 fully saturated rings. The number of rotatable bonds is 8. The molecule has 120 valence electrons. The molecule has 0 bridgehead atoms. The Morgan fingerprint density at radius 1 is 1.24 bits per heavy atom. The maximum Gasteiger partial charge on any atom is 0.155 e. The summed E-state index contributed by atoms with van der Waals surface area (Å²) in [5, 5.41) is 3.40. The first kappa shape index (κ1) is 18.3. The lowest BCUT2D eigenvalue weighted by Crippen LogP contribution is -2.24. The van der Waals surface area contributed by atoms with Gasteiger partial charge in [-0.3, -0.25) is 0 Å². The van der Waals surface area contributed by atoms with Crippen LogP contribution in [0.4, 0.5) is 0 Å². The summed E-state index contributed by atoms with van der Waals surface area (Å²) in [5.74, 6) is 0.554. The molecule has 0 aliphatic carbocycles. The second kappa shape index (κ2) is 8.01. The maximum atomic E-state index is 11.8. The normalized spacial score (nSPS) is 12.1. The zero-order valence-corrected chi connectivity index (χ0v) is 14.6. The highest BCUT2D eigenvalue weighted by Crippen LogP contribution is 2.28. The second-order valence-corrected chi connectivity index (χ2v) is 8.61. The first-order valence-corrected chi connectivity index (χ1v) is 9.18. The van der Waals surface area contributed by atoms with Crippen molar-refractivity contribution in [3.63, 3.8) is 0 Å². The van der Waals surface area contributed by atoms with E-state index in [4.69, 9.17) is 16.3 Å². The average molecular weight is 334 g/mol. The van der Waals surface area contributed by atoms with Crippen LogP contribution in [0, 0.1) is 0 Å². The molecule has 0 atom stereocenters. The maximum absolute atomic E-state index is 11.8. The van der Waals surface area contributed by atoms with Gasteiger partial charge in [0.1, 0.15) is 12.4 Å². The number of benzene rings is 1. The Balaban J connectivity index is 2.74. The van der Waals surface area contributed by atoms with Crippen LogP contribution in [0.2, 0.25) is 5.02 Å². The topological polar surface area (TPSA) is 55.4 Å². The highest BCUT2D eigenvalue weighted by atomic mass is 35.5. The van der Waals surface area contributed by atoms with Gasteiger partial charge in [0.2, 0.25) is 0 Å². The Labute approximate surface area is 132 Å². The van der Waals surface area contributed by atoms with Crippen LogP contribution in [-0.2, 0) is 16.4 Å². The number of halogens is 1. The molecular weight excluding hydrogens is 310 g/mol. The van der Waals surface area contributed by atoms with Crippen molar-refractivity contribution >= 4 is 21.4 Å². The molecule has 1 aromatic carbocycles. The van der Waals surface area contributed by atoms with E-state index in [-0.39, 0.29) is 12.4 Å². The van der Waals surface area contributed by atoms with Crippen molar-refractivity contribution in [2.75, 3.05) is 12.4 Å². The number of ether oxygens (including phenoxy) is 1. The summed E-state index contributed by atoms with van der Waals surface area (Å²) < 4.78 is 29.2. The van der Waals surface area contributed by atoms with Crippen molar-refractivity contribution in [2.24, 2.45) is 0 Å². The molecule has 0 aromatic heterocycles. The Bertz CT molecular complexity index is 556. The molecular formula is C15H24ClNO3S. The van der Waals surface area contributed by atoms with E-state index in [2.05, 4.69) is 19.2 Å². The van der Waals surface area contributed by atoms with E-state index in [1.165, 1.54) is 0 Å². The molecule has 0 saturated carbocycles. The lowest BCUT2D eigenvalue weighted by molar-refractivity contribution is 0.335. The Morgan fingerprint density at radius 2 is 1.90 bits per heavy atom. The van der Waals surface area contributed by atoms with Gasteiger partial charge < -0.3 is 10.1 Å². The van der Waals surface area contributed by atoms with Gasteiger partial charge in [0.25, 0.3) is 0 Å². The van der Waals surface area contributed by atoms with Crippen molar-refractivity contribution in [1.29, 1.82) is 0 Å². The fraction of sp³-hybridized carbons (Fsp3) is 0.600. The number of sulfone groups is 1. The zero-order chi connectivity index (χ0) is 16.0. The number of hydrogen-bond donors (Lipinski definition) is 1. The van der Waals surface area contributed by atoms with Gasteiger partial charge in [-0.15, -0.1) is 0 Å². The molecule has 0 heterocycles. The third-order valence-corrected chi connectivity index (χ3v) is 5.55. The van der Waals surface area contributed by atoms with Crippen molar-refractivity contribution < 1.29 is 13.2 Å². The minimum Gasteiger partial charge on any atom is -0.491 e. The van der Waals surface area contributed by atoms with Crippen LogP contribution in [0.15, 0.2) is 18.2 Å². The molecule has 1 N–H and O–H groups in total.